The number of aromatic amines is 1. The molecule has 0 saturated carbocycles. The average Bonchev–Trinajstić information content (AvgIpc) is 2.72. The summed E-state index contributed by atoms with van der Waals surface area (Å²) >= 11 is 0. The quantitative estimate of drug-likeness (QED) is 0.622. The van der Waals surface area contributed by atoms with Gasteiger partial charge in [0.1, 0.15) is 0 Å². The molecule has 0 aliphatic heterocycles. The van der Waals surface area contributed by atoms with Crippen molar-refractivity contribution in [3.8, 4) is 0 Å². The lowest BCUT2D eigenvalue weighted by atomic mass is 10.1. The van der Waals surface area contributed by atoms with Crippen LogP contribution in [0.15, 0.2) is 24.3 Å². The van der Waals surface area contributed by atoms with Gasteiger partial charge in [0.15, 0.2) is 5.52 Å². The Morgan fingerprint density at radius 1 is 1.53 bits per heavy atom. The van der Waals surface area contributed by atoms with Gasteiger partial charge in [-0.15, -0.1) is 0 Å². The number of rotatable bonds is 4. The fourth-order valence-corrected chi connectivity index (χ4v) is 1.59. The Kier molecular flexibility index (Phi) is 3.15. The molecule has 17 heavy (non-hydrogen) atoms. The van der Waals surface area contributed by atoms with Crippen LogP contribution in [0.1, 0.15) is 12.1 Å². The zero-order valence-corrected chi connectivity index (χ0v) is 8.96. The highest BCUT2D eigenvalue weighted by atomic mass is 16.6. The smallest absolute Gasteiger partial charge is 0.297 e. The second kappa shape index (κ2) is 4.75. The molecule has 0 fully saturated rings. The van der Waals surface area contributed by atoms with Crippen molar-refractivity contribution in [3.63, 3.8) is 0 Å². The topological polar surface area (TPSA) is 92.0 Å². The van der Waals surface area contributed by atoms with E-state index >= 15 is 0 Å². The molecule has 0 bridgehead atoms. The Bertz CT molecular complexity index is 574. The van der Waals surface area contributed by atoms with E-state index in [4.69, 9.17) is 5.11 Å². The van der Waals surface area contributed by atoms with E-state index in [1.165, 1.54) is 6.07 Å². The molecule has 0 saturated heterocycles. The molecule has 1 heterocycles. The van der Waals surface area contributed by atoms with E-state index in [1.54, 1.807) is 24.3 Å². The molecule has 2 N–H and O–H groups in total. The van der Waals surface area contributed by atoms with Crippen LogP contribution in [0.5, 0.6) is 0 Å². The number of nitrogens with one attached hydrogen (secondary N) is 1. The Morgan fingerprint density at radius 2 is 2.35 bits per heavy atom. The Hall–Kier alpha value is -2.21. The molecule has 0 unspecified atom stereocenters. The summed E-state index contributed by atoms with van der Waals surface area (Å²) in [7, 11) is 0. The van der Waals surface area contributed by atoms with E-state index in [-0.39, 0.29) is 12.3 Å². The van der Waals surface area contributed by atoms with Gasteiger partial charge in [-0.3, -0.25) is 15.2 Å². The van der Waals surface area contributed by atoms with E-state index in [9.17, 15) is 10.1 Å². The van der Waals surface area contributed by atoms with Crippen LogP contribution in [0.3, 0.4) is 0 Å². The SMILES string of the molecule is O=[N+]([O-])c1cccc2c(C=CCCO)[nH]nc12. The minimum atomic E-state index is -0.454. The maximum atomic E-state index is 10.8. The normalized spacial score (nSPS) is 11.4. The number of aliphatic hydroxyl groups is 1. The lowest BCUT2D eigenvalue weighted by Crippen LogP contribution is -1.88. The zero-order valence-electron chi connectivity index (χ0n) is 8.96. The number of aliphatic hydroxyl groups excluding tert-OH is 1. The molecule has 0 aliphatic carbocycles. The van der Waals surface area contributed by atoms with Gasteiger partial charge in [0.05, 0.1) is 10.6 Å². The van der Waals surface area contributed by atoms with E-state index in [0.29, 0.717) is 23.0 Å². The summed E-state index contributed by atoms with van der Waals surface area (Å²) in [5, 5.41) is 26.8. The number of para-hydroxylation sites is 1. The monoisotopic (exact) mass is 233 g/mol. The summed E-state index contributed by atoms with van der Waals surface area (Å²) in [6.07, 6.45) is 4.08. The highest BCUT2D eigenvalue weighted by Crippen LogP contribution is 2.25. The van der Waals surface area contributed by atoms with Crippen LogP contribution in [0.2, 0.25) is 0 Å². The minimum Gasteiger partial charge on any atom is -0.396 e. The number of non-ortho nitro benzene ring substituents is 1. The van der Waals surface area contributed by atoms with Crippen molar-refractivity contribution in [2.45, 2.75) is 6.42 Å². The number of fused-ring (bicyclic) bond motifs is 1. The van der Waals surface area contributed by atoms with Crippen LogP contribution >= 0.6 is 0 Å². The lowest BCUT2D eigenvalue weighted by Gasteiger charge is -1.92. The molecule has 0 aliphatic rings. The van der Waals surface area contributed by atoms with Gasteiger partial charge in [-0.05, 0) is 12.5 Å². The predicted octanol–water partition coefficient (Wildman–Crippen LogP) is 1.87. The van der Waals surface area contributed by atoms with Crippen molar-refractivity contribution in [2.24, 2.45) is 0 Å². The van der Waals surface area contributed by atoms with Gasteiger partial charge in [0.2, 0.25) is 0 Å². The highest BCUT2D eigenvalue weighted by Gasteiger charge is 2.15. The predicted molar refractivity (Wildman–Crippen MR) is 63.5 cm³/mol. The van der Waals surface area contributed by atoms with Crippen molar-refractivity contribution in [1.82, 2.24) is 10.2 Å². The summed E-state index contributed by atoms with van der Waals surface area (Å²) in [6.45, 7) is 0.0721. The molecule has 0 atom stereocenters. The van der Waals surface area contributed by atoms with Crippen LogP contribution < -0.4 is 0 Å². The maximum Gasteiger partial charge on any atom is 0.297 e. The zero-order chi connectivity index (χ0) is 12.3. The molecule has 88 valence electrons. The first-order valence-electron chi connectivity index (χ1n) is 5.13. The number of nitrogens with zero attached hydrogens (tertiary/aromatic N) is 2. The number of nitro benzene ring substituents is 1. The first-order valence-corrected chi connectivity index (χ1v) is 5.13. The highest BCUT2D eigenvalue weighted by molar-refractivity contribution is 5.92. The fourth-order valence-electron chi connectivity index (χ4n) is 1.59. The van der Waals surface area contributed by atoms with Gasteiger partial charge in [0, 0.05) is 18.1 Å². The third-order valence-corrected chi connectivity index (χ3v) is 2.37. The average molecular weight is 233 g/mol. The number of hydrogen-bond donors (Lipinski definition) is 2. The van der Waals surface area contributed by atoms with Gasteiger partial charge in [-0.25, -0.2) is 0 Å². The third kappa shape index (κ3) is 2.16. The van der Waals surface area contributed by atoms with Crippen LogP contribution in [0.25, 0.3) is 17.0 Å². The molecule has 2 rings (SSSR count). The summed E-state index contributed by atoms with van der Waals surface area (Å²) in [4.78, 5) is 10.3. The van der Waals surface area contributed by atoms with Gasteiger partial charge < -0.3 is 5.11 Å². The first kappa shape index (κ1) is 11.3. The molecule has 0 radical (unpaired) electrons. The number of aromatic nitrogens is 2. The number of hydrogen-bond acceptors (Lipinski definition) is 4. The van der Waals surface area contributed by atoms with Crippen LogP contribution in [0, 0.1) is 10.1 Å². The number of H-pyrrole nitrogens is 1. The second-order valence-electron chi connectivity index (χ2n) is 3.48. The van der Waals surface area contributed by atoms with E-state index in [2.05, 4.69) is 10.2 Å². The van der Waals surface area contributed by atoms with E-state index in [0.717, 1.165) is 0 Å². The van der Waals surface area contributed by atoms with Gasteiger partial charge in [0.25, 0.3) is 5.69 Å². The Morgan fingerprint density at radius 3 is 3.06 bits per heavy atom. The van der Waals surface area contributed by atoms with Crippen molar-refractivity contribution in [2.75, 3.05) is 6.61 Å². The van der Waals surface area contributed by atoms with Crippen molar-refractivity contribution in [3.05, 3.63) is 40.1 Å². The Labute approximate surface area is 96.7 Å². The largest absolute Gasteiger partial charge is 0.396 e. The Balaban J connectivity index is 2.47. The number of benzene rings is 1. The molecular formula is C11H11N3O3. The van der Waals surface area contributed by atoms with E-state index in [1.807, 2.05) is 0 Å². The molecule has 2 aromatic rings. The minimum absolute atomic E-state index is 0.0134. The molecule has 0 spiro atoms. The molecule has 6 heteroatoms. The molecule has 0 amide bonds. The molecular weight excluding hydrogens is 222 g/mol. The maximum absolute atomic E-state index is 10.8. The second-order valence-corrected chi connectivity index (χ2v) is 3.48. The van der Waals surface area contributed by atoms with Gasteiger partial charge >= 0.3 is 0 Å². The summed E-state index contributed by atoms with van der Waals surface area (Å²) in [5.74, 6) is 0. The van der Waals surface area contributed by atoms with E-state index < -0.39 is 4.92 Å². The van der Waals surface area contributed by atoms with Gasteiger partial charge in [-0.1, -0.05) is 18.2 Å². The molecule has 1 aromatic carbocycles. The third-order valence-electron chi connectivity index (χ3n) is 2.37. The van der Waals surface area contributed by atoms with Crippen molar-refractivity contribution in [1.29, 1.82) is 0 Å². The van der Waals surface area contributed by atoms with Crippen LogP contribution in [-0.4, -0.2) is 26.8 Å². The first-order chi connectivity index (χ1) is 8.24. The summed E-state index contributed by atoms with van der Waals surface area (Å²) in [5.41, 5.74) is 1.04. The summed E-state index contributed by atoms with van der Waals surface area (Å²) in [6, 6.07) is 4.81. The standard InChI is InChI=1S/C11H11N3O3/c15-7-2-1-5-9-8-4-3-6-10(14(16)17)11(8)13-12-9/h1,3-6,15H,2,7H2,(H,12,13). The van der Waals surface area contributed by atoms with Crippen molar-refractivity contribution >= 4 is 22.7 Å². The number of nitro groups is 1. The summed E-state index contributed by atoms with van der Waals surface area (Å²) < 4.78 is 0. The van der Waals surface area contributed by atoms with Gasteiger partial charge in [-0.2, -0.15) is 5.10 Å². The molecule has 6 nitrogen and oxygen atoms in total. The van der Waals surface area contributed by atoms with Crippen LogP contribution in [0.4, 0.5) is 5.69 Å². The van der Waals surface area contributed by atoms with Crippen LogP contribution in [-0.2, 0) is 0 Å². The lowest BCUT2D eigenvalue weighted by molar-refractivity contribution is -0.383. The fraction of sp³-hybridized carbons (Fsp3) is 0.182. The molecule has 1 aromatic heterocycles. The van der Waals surface area contributed by atoms with Crippen molar-refractivity contribution < 1.29 is 10.0 Å².